The van der Waals surface area contributed by atoms with Crippen LogP contribution in [0.2, 0.25) is 0 Å². The van der Waals surface area contributed by atoms with Crippen LogP contribution in [0.1, 0.15) is 39.5 Å². The monoisotopic (exact) mass is 328 g/mol. The number of anilines is 2. The fourth-order valence-corrected chi connectivity index (χ4v) is 5.39. The molecule has 0 unspecified atom stereocenters. The van der Waals surface area contributed by atoms with Gasteiger partial charge < -0.3 is 15.5 Å². The van der Waals surface area contributed by atoms with Gasteiger partial charge in [0, 0.05) is 43.6 Å². The standard InChI is InChI=1S/C20H32N4/c1-20(2)15-5-4-14(18(20)10-15)12-23-19-11-17(6-8-22-19)24-9-7-16(13-24)21-3/h6,8,11,14-16,18,21H,4-5,7,9-10,12-13H2,1-3H3,(H,22,23)/t14-,15+,16+,18-/m1/s1. The second kappa shape index (κ2) is 6.21. The highest BCUT2D eigenvalue weighted by molar-refractivity contribution is 5.54. The minimum Gasteiger partial charge on any atom is -0.370 e. The summed E-state index contributed by atoms with van der Waals surface area (Å²) in [5, 5.41) is 7.03. The molecule has 0 aromatic carbocycles. The molecule has 2 bridgehead atoms. The zero-order valence-electron chi connectivity index (χ0n) is 15.4. The Labute approximate surface area is 146 Å². The van der Waals surface area contributed by atoms with Crippen molar-refractivity contribution in [3.8, 4) is 0 Å². The molecule has 2 N–H and O–H groups in total. The van der Waals surface area contributed by atoms with Gasteiger partial charge in [0.05, 0.1) is 0 Å². The average molecular weight is 329 g/mol. The summed E-state index contributed by atoms with van der Waals surface area (Å²) in [5.41, 5.74) is 1.87. The number of likely N-dealkylation sites (N-methyl/N-ethyl adjacent to an activating group) is 1. The van der Waals surface area contributed by atoms with Crippen LogP contribution in [0.4, 0.5) is 11.5 Å². The molecule has 0 amide bonds. The first-order valence-corrected chi connectivity index (χ1v) is 9.70. The van der Waals surface area contributed by atoms with Crippen molar-refractivity contribution in [2.24, 2.45) is 23.2 Å². The summed E-state index contributed by atoms with van der Waals surface area (Å²) in [7, 11) is 2.06. The fraction of sp³-hybridized carbons (Fsp3) is 0.750. The van der Waals surface area contributed by atoms with Crippen LogP contribution in [0.5, 0.6) is 0 Å². The Bertz CT molecular complexity index is 583. The van der Waals surface area contributed by atoms with Crippen LogP contribution in [0.15, 0.2) is 18.3 Å². The molecule has 2 heterocycles. The van der Waals surface area contributed by atoms with E-state index in [1.807, 2.05) is 6.20 Å². The largest absolute Gasteiger partial charge is 0.370 e. The van der Waals surface area contributed by atoms with Gasteiger partial charge in [0.1, 0.15) is 5.82 Å². The molecule has 132 valence electrons. The van der Waals surface area contributed by atoms with Crippen LogP contribution < -0.4 is 15.5 Å². The molecular formula is C20H32N4. The first-order valence-electron chi connectivity index (χ1n) is 9.70. The van der Waals surface area contributed by atoms with Gasteiger partial charge in [0.2, 0.25) is 0 Å². The second-order valence-corrected chi connectivity index (χ2v) is 8.70. The molecule has 3 saturated carbocycles. The van der Waals surface area contributed by atoms with E-state index in [2.05, 4.69) is 53.5 Å². The van der Waals surface area contributed by atoms with Gasteiger partial charge in [-0.15, -0.1) is 0 Å². The number of rotatable bonds is 5. The van der Waals surface area contributed by atoms with Crippen molar-refractivity contribution in [1.82, 2.24) is 10.3 Å². The van der Waals surface area contributed by atoms with E-state index in [4.69, 9.17) is 0 Å². The fourth-order valence-electron chi connectivity index (χ4n) is 5.39. The Hall–Kier alpha value is -1.29. The molecule has 4 aliphatic rings. The molecule has 1 aromatic heterocycles. The quantitative estimate of drug-likeness (QED) is 0.869. The number of fused-ring (bicyclic) bond motifs is 2. The molecular weight excluding hydrogens is 296 g/mol. The molecule has 1 aliphatic heterocycles. The number of nitrogens with zero attached hydrogens (tertiary/aromatic N) is 2. The molecule has 24 heavy (non-hydrogen) atoms. The van der Waals surface area contributed by atoms with Gasteiger partial charge in [0.15, 0.2) is 0 Å². The van der Waals surface area contributed by atoms with Crippen molar-refractivity contribution in [2.75, 3.05) is 36.9 Å². The van der Waals surface area contributed by atoms with Crippen LogP contribution in [0.25, 0.3) is 0 Å². The minimum absolute atomic E-state index is 0.567. The van der Waals surface area contributed by atoms with E-state index in [1.54, 1.807) is 0 Å². The third kappa shape index (κ3) is 2.79. The Balaban J connectivity index is 1.36. The zero-order chi connectivity index (χ0) is 16.7. The lowest BCUT2D eigenvalue weighted by atomic mass is 9.45. The summed E-state index contributed by atoms with van der Waals surface area (Å²) in [6, 6.07) is 4.99. The maximum absolute atomic E-state index is 4.56. The van der Waals surface area contributed by atoms with E-state index in [-0.39, 0.29) is 0 Å². The lowest BCUT2D eigenvalue weighted by Gasteiger charge is -2.60. The second-order valence-electron chi connectivity index (χ2n) is 8.70. The highest BCUT2D eigenvalue weighted by Gasteiger charge is 2.53. The number of hydrogen-bond donors (Lipinski definition) is 2. The summed E-state index contributed by atoms with van der Waals surface area (Å²) >= 11 is 0. The van der Waals surface area contributed by atoms with E-state index in [1.165, 1.54) is 31.4 Å². The number of pyridine rings is 1. The maximum Gasteiger partial charge on any atom is 0.127 e. The van der Waals surface area contributed by atoms with Crippen LogP contribution >= 0.6 is 0 Å². The van der Waals surface area contributed by atoms with Crippen molar-refractivity contribution in [2.45, 2.75) is 45.6 Å². The highest BCUT2D eigenvalue weighted by Crippen LogP contribution is 2.61. The molecule has 5 rings (SSSR count). The lowest BCUT2D eigenvalue weighted by Crippen LogP contribution is -2.53. The zero-order valence-corrected chi connectivity index (χ0v) is 15.4. The van der Waals surface area contributed by atoms with Crippen molar-refractivity contribution < 1.29 is 0 Å². The summed E-state index contributed by atoms with van der Waals surface area (Å²) in [5.74, 6) is 3.74. The highest BCUT2D eigenvalue weighted by atomic mass is 15.2. The number of hydrogen-bond acceptors (Lipinski definition) is 4. The van der Waals surface area contributed by atoms with E-state index >= 15 is 0 Å². The van der Waals surface area contributed by atoms with Crippen LogP contribution in [-0.4, -0.2) is 37.7 Å². The first kappa shape index (κ1) is 16.2. The maximum atomic E-state index is 4.56. The Morgan fingerprint density at radius 3 is 2.88 bits per heavy atom. The Morgan fingerprint density at radius 1 is 1.29 bits per heavy atom. The van der Waals surface area contributed by atoms with Crippen molar-refractivity contribution in [3.05, 3.63) is 18.3 Å². The molecule has 0 radical (unpaired) electrons. The molecule has 4 fully saturated rings. The van der Waals surface area contributed by atoms with Gasteiger partial charge in [-0.2, -0.15) is 0 Å². The molecule has 0 spiro atoms. The summed E-state index contributed by atoms with van der Waals surface area (Å²) < 4.78 is 0. The summed E-state index contributed by atoms with van der Waals surface area (Å²) in [6.45, 7) is 8.26. The average Bonchev–Trinajstić information content (AvgIpc) is 3.09. The van der Waals surface area contributed by atoms with Crippen LogP contribution in [0, 0.1) is 23.2 Å². The SMILES string of the molecule is CN[C@H]1CCN(c2ccnc(NC[C@H]3CC[C@H]4C[C@H]3C4(C)C)c2)C1. The summed E-state index contributed by atoms with van der Waals surface area (Å²) in [4.78, 5) is 7.02. The van der Waals surface area contributed by atoms with Gasteiger partial charge in [-0.1, -0.05) is 13.8 Å². The molecule has 4 heteroatoms. The van der Waals surface area contributed by atoms with Crippen molar-refractivity contribution in [3.63, 3.8) is 0 Å². The van der Waals surface area contributed by atoms with Crippen LogP contribution in [0.3, 0.4) is 0 Å². The first-order chi connectivity index (χ1) is 11.6. The van der Waals surface area contributed by atoms with E-state index in [0.717, 1.165) is 43.2 Å². The molecule has 1 aromatic rings. The van der Waals surface area contributed by atoms with Gasteiger partial charge in [0.25, 0.3) is 0 Å². The van der Waals surface area contributed by atoms with E-state index < -0.39 is 0 Å². The van der Waals surface area contributed by atoms with Crippen molar-refractivity contribution >= 4 is 11.5 Å². The molecule has 1 saturated heterocycles. The van der Waals surface area contributed by atoms with Gasteiger partial charge in [-0.3, -0.25) is 0 Å². The smallest absolute Gasteiger partial charge is 0.127 e. The van der Waals surface area contributed by atoms with Gasteiger partial charge in [-0.25, -0.2) is 4.98 Å². The Morgan fingerprint density at radius 2 is 2.17 bits per heavy atom. The summed E-state index contributed by atoms with van der Waals surface area (Å²) in [6.07, 6.45) is 7.44. The Kier molecular flexibility index (Phi) is 4.19. The van der Waals surface area contributed by atoms with E-state index in [9.17, 15) is 0 Å². The predicted molar refractivity (Wildman–Crippen MR) is 101 cm³/mol. The lowest BCUT2D eigenvalue weighted by molar-refractivity contribution is -0.100. The number of aromatic nitrogens is 1. The molecule has 3 aliphatic carbocycles. The minimum atomic E-state index is 0.567. The topological polar surface area (TPSA) is 40.2 Å². The van der Waals surface area contributed by atoms with Gasteiger partial charge in [-0.05, 0) is 62.0 Å². The molecule has 4 atom stereocenters. The van der Waals surface area contributed by atoms with Crippen molar-refractivity contribution in [1.29, 1.82) is 0 Å². The normalized spacial score (nSPS) is 34.0. The molecule has 4 nitrogen and oxygen atoms in total. The number of nitrogens with one attached hydrogen (secondary N) is 2. The van der Waals surface area contributed by atoms with Crippen LogP contribution in [-0.2, 0) is 0 Å². The third-order valence-electron chi connectivity index (χ3n) is 7.25. The van der Waals surface area contributed by atoms with E-state index in [0.29, 0.717) is 11.5 Å². The van der Waals surface area contributed by atoms with Gasteiger partial charge >= 0.3 is 0 Å². The predicted octanol–water partition coefficient (Wildman–Crippen LogP) is 3.36. The third-order valence-corrected chi connectivity index (χ3v) is 7.25.